The summed E-state index contributed by atoms with van der Waals surface area (Å²) in [4.78, 5) is 19.8. The van der Waals surface area contributed by atoms with Crippen LogP contribution in [0.1, 0.15) is 24.3 Å². The highest BCUT2D eigenvalue weighted by molar-refractivity contribution is 5.94. The van der Waals surface area contributed by atoms with Crippen molar-refractivity contribution in [1.82, 2.24) is 44.8 Å². The quantitative estimate of drug-likeness (QED) is 0.471. The molecule has 0 spiro atoms. The summed E-state index contributed by atoms with van der Waals surface area (Å²) in [5.41, 5.74) is 6.52. The van der Waals surface area contributed by atoms with Crippen LogP contribution >= 0.6 is 0 Å². The number of nitrogens with zero attached hydrogens (tertiary/aromatic N) is 7. The van der Waals surface area contributed by atoms with E-state index in [1.807, 2.05) is 31.7 Å². The van der Waals surface area contributed by atoms with Gasteiger partial charge in [0.1, 0.15) is 5.69 Å². The molecule has 0 atom stereocenters. The molecule has 31 heavy (non-hydrogen) atoms. The van der Waals surface area contributed by atoms with Crippen LogP contribution in [0.15, 0.2) is 36.9 Å². The monoisotopic (exact) mass is 413 g/mol. The standard InChI is InChI=1S/C22H23N9/c1-30-7-4-13(5-8-30)15-3-6-23-21-19(15)26-22(27-21)20-16-9-17(14-10-25-31(2)12-14)24-11-18(16)28-29-20/h3,6,9-13H,4-5,7-8H2,1-2H3,(H,28,29)(H,23,26,27). The van der Waals surface area contributed by atoms with Crippen LogP contribution in [0.2, 0.25) is 0 Å². The van der Waals surface area contributed by atoms with E-state index in [-0.39, 0.29) is 0 Å². The highest BCUT2D eigenvalue weighted by Crippen LogP contribution is 2.33. The van der Waals surface area contributed by atoms with Crippen LogP contribution in [0.4, 0.5) is 0 Å². The zero-order valence-electron chi connectivity index (χ0n) is 17.5. The van der Waals surface area contributed by atoms with Crippen molar-refractivity contribution in [1.29, 1.82) is 0 Å². The Morgan fingerprint density at radius 3 is 2.77 bits per heavy atom. The molecule has 5 aromatic heterocycles. The summed E-state index contributed by atoms with van der Waals surface area (Å²) in [6, 6.07) is 4.16. The molecule has 9 heteroatoms. The van der Waals surface area contributed by atoms with Crippen LogP contribution in [-0.4, -0.2) is 65.0 Å². The molecular weight excluding hydrogens is 390 g/mol. The normalized spacial score (nSPS) is 15.9. The molecule has 156 valence electrons. The summed E-state index contributed by atoms with van der Waals surface area (Å²) >= 11 is 0. The predicted molar refractivity (Wildman–Crippen MR) is 118 cm³/mol. The van der Waals surface area contributed by atoms with Gasteiger partial charge in [-0.15, -0.1) is 0 Å². The molecule has 0 bridgehead atoms. The average molecular weight is 413 g/mol. The Bertz CT molecular complexity index is 1380. The second-order valence-electron chi connectivity index (χ2n) is 8.35. The number of aromatic nitrogens is 8. The maximum absolute atomic E-state index is 4.79. The summed E-state index contributed by atoms with van der Waals surface area (Å²) in [5.74, 6) is 1.24. The van der Waals surface area contributed by atoms with Crippen molar-refractivity contribution in [2.45, 2.75) is 18.8 Å². The number of aromatic amines is 2. The first kappa shape index (κ1) is 18.2. The third-order valence-corrected chi connectivity index (χ3v) is 6.25. The number of pyridine rings is 2. The second-order valence-corrected chi connectivity index (χ2v) is 8.35. The Balaban J connectivity index is 1.44. The molecule has 5 aromatic rings. The van der Waals surface area contributed by atoms with Crippen molar-refractivity contribution in [2.75, 3.05) is 20.1 Å². The molecule has 0 amide bonds. The first-order chi connectivity index (χ1) is 15.2. The lowest BCUT2D eigenvalue weighted by Gasteiger charge is -2.29. The number of hydrogen-bond acceptors (Lipinski definition) is 6. The van der Waals surface area contributed by atoms with Gasteiger partial charge < -0.3 is 9.88 Å². The van der Waals surface area contributed by atoms with Crippen LogP contribution in [0.3, 0.4) is 0 Å². The third-order valence-electron chi connectivity index (χ3n) is 6.25. The fourth-order valence-corrected chi connectivity index (χ4v) is 4.51. The Kier molecular flexibility index (Phi) is 4.10. The number of likely N-dealkylation sites (tertiary alicyclic amines) is 1. The van der Waals surface area contributed by atoms with E-state index in [0.717, 1.165) is 70.8 Å². The lowest BCUT2D eigenvalue weighted by molar-refractivity contribution is 0.256. The fourth-order valence-electron chi connectivity index (χ4n) is 4.51. The number of rotatable bonds is 3. The molecule has 6 heterocycles. The van der Waals surface area contributed by atoms with E-state index < -0.39 is 0 Å². The van der Waals surface area contributed by atoms with Gasteiger partial charge in [-0.3, -0.25) is 14.8 Å². The SMILES string of the molecule is CN1CCC(c2ccnc3nc(-c4n[nH]c5cnc(-c6cnn(C)c6)cc45)[nH]c23)CC1. The average Bonchev–Trinajstić information content (AvgIpc) is 3.51. The summed E-state index contributed by atoms with van der Waals surface area (Å²) < 4.78 is 1.77. The molecule has 0 aliphatic carbocycles. The van der Waals surface area contributed by atoms with E-state index in [9.17, 15) is 0 Å². The number of aryl methyl sites for hydroxylation is 1. The minimum atomic E-state index is 0.521. The smallest absolute Gasteiger partial charge is 0.178 e. The minimum Gasteiger partial charge on any atom is -0.335 e. The van der Waals surface area contributed by atoms with Gasteiger partial charge in [-0.2, -0.15) is 10.2 Å². The number of nitrogens with one attached hydrogen (secondary N) is 2. The van der Waals surface area contributed by atoms with Gasteiger partial charge in [0, 0.05) is 30.4 Å². The molecule has 0 aromatic carbocycles. The molecule has 1 aliphatic rings. The Labute approximate surface area is 178 Å². The predicted octanol–water partition coefficient (Wildman–Crippen LogP) is 3.11. The van der Waals surface area contributed by atoms with Gasteiger partial charge in [0.15, 0.2) is 11.5 Å². The zero-order valence-corrected chi connectivity index (χ0v) is 17.5. The van der Waals surface area contributed by atoms with Crippen LogP contribution in [0.5, 0.6) is 0 Å². The van der Waals surface area contributed by atoms with Crippen molar-refractivity contribution in [3.8, 4) is 22.8 Å². The van der Waals surface area contributed by atoms with Gasteiger partial charge in [-0.1, -0.05) is 0 Å². The number of fused-ring (bicyclic) bond motifs is 2. The van der Waals surface area contributed by atoms with Crippen molar-refractivity contribution in [3.63, 3.8) is 0 Å². The van der Waals surface area contributed by atoms with Gasteiger partial charge in [0.05, 0.1) is 29.1 Å². The summed E-state index contributed by atoms with van der Waals surface area (Å²) in [6.45, 7) is 2.23. The summed E-state index contributed by atoms with van der Waals surface area (Å²) in [6.07, 6.45) is 9.73. The van der Waals surface area contributed by atoms with Crippen molar-refractivity contribution >= 4 is 22.1 Å². The summed E-state index contributed by atoms with van der Waals surface area (Å²) in [5, 5.41) is 12.8. The van der Waals surface area contributed by atoms with Crippen LogP contribution < -0.4 is 0 Å². The third kappa shape index (κ3) is 3.09. The molecule has 0 radical (unpaired) electrons. The van der Waals surface area contributed by atoms with E-state index in [0.29, 0.717) is 5.92 Å². The van der Waals surface area contributed by atoms with E-state index in [2.05, 4.69) is 48.3 Å². The van der Waals surface area contributed by atoms with Gasteiger partial charge in [-0.05, 0) is 56.6 Å². The molecule has 1 saturated heterocycles. The maximum Gasteiger partial charge on any atom is 0.178 e. The van der Waals surface area contributed by atoms with Crippen molar-refractivity contribution in [3.05, 3.63) is 42.5 Å². The van der Waals surface area contributed by atoms with E-state index >= 15 is 0 Å². The van der Waals surface area contributed by atoms with Gasteiger partial charge >= 0.3 is 0 Å². The van der Waals surface area contributed by atoms with Gasteiger partial charge in [0.2, 0.25) is 0 Å². The number of H-pyrrole nitrogens is 2. The maximum atomic E-state index is 4.79. The highest BCUT2D eigenvalue weighted by Gasteiger charge is 2.23. The van der Waals surface area contributed by atoms with Crippen LogP contribution in [0.25, 0.3) is 44.8 Å². The van der Waals surface area contributed by atoms with Gasteiger partial charge in [-0.25, -0.2) is 9.97 Å². The number of imidazole rings is 1. The molecule has 6 rings (SSSR count). The van der Waals surface area contributed by atoms with E-state index in [1.165, 1.54) is 5.56 Å². The Hall–Kier alpha value is -3.59. The topological polar surface area (TPSA) is 104 Å². The first-order valence-corrected chi connectivity index (χ1v) is 10.5. The van der Waals surface area contributed by atoms with Gasteiger partial charge in [0.25, 0.3) is 0 Å². The molecule has 1 aliphatic heterocycles. The van der Waals surface area contributed by atoms with Crippen molar-refractivity contribution < 1.29 is 0 Å². The molecular formula is C22H23N9. The summed E-state index contributed by atoms with van der Waals surface area (Å²) in [7, 11) is 4.08. The zero-order chi connectivity index (χ0) is 20.9. The lowest BCUT2D eigenvalue weighted by atomic mass is 9.89. The highest BCUT2D eigenvalue weighted by atomic mass is 15.2. The number of piperidine rings is 1. The fraction of sp³-hybridized carbons (Fsp3) is 0.318. The van der Waals surface area contributed by atoms with E-state index in [4.69, 9.17) is 4.98 Å². The minimum absolute atomic E-state index is 0.521. The molecule has 9 nitrogen and oxygen atoms in total. The molecule has 2 N–H and O–H groups in total. The van der Waals surface area contributed by atoms with Crippen molar-refractivity contribution in [2.24, 2.45) is 7.05 Å². The van der Waals surface area contributed by atoms with Crippen LogP contribution in [-0.2, 0) is 7.05 Å². The largest absolute Gasteiger partial charge is 0.335 e. The number of hydrogen-bond donors (Lipinski definition) is 2. The molecule has 1 fully saturated rings. The molecule has 0 saturated carbocycles. The first-order valence-electron chi connectivity index (χ1n) is 10.5. The van der Waals surface area contributed by atoms with Crippen LogP contribution in [0, 0.1) is 0 Å². The lowest BCUT2D eigenvalue weighted by Crippen LogP contribution is -2.29. The Morgan fingerprint density at radius 1 is 1.10 bits per heavy atom. The Morgan fingerprint density at radius 2 is 1.97 bits per heavy atom. The molecule has 0 unspecified atom stereocenters. The second kappa shape index (κ2) is 6.98. The van der Waals surface area contributed by atoms with E-state index in [1.54, 1.807) is 10.9 Å².